The molecule has 0 atom stereocenters. The SMILES string of the molecule is O=C(Cl)CCCCCSSCCCCCC(=O)Cl. The number of hydrogen-bond acceptors (Lipinski definition) is 4. The van der Waals surface area contributed by atoms with Crippen molar-refractivity contribution >= 4 is 55.3 Å². The van der Waals surface area contributed by atoms with E-state index in [4.69, 9.17) is 23.2 Å². The summed E-state index contributed by atoms with van der Waals surface area (Å²) < 4.78 is 0. The second kappa shape index (κ2) is 14.0. The minimum absolute atomic E-state index is 0.229. The van der Waals surface area contributed by atoms with Crippen LogP contribution in [0.1, 0.15) is 51.4 Å². The first kappa shape index (κ1) is 18.6. The number of unbranched alkanes of at least 4 members (excludes halogenated alkanes) is 4. The van der Waals surface area contributed by atoms with E-state index in [0.717, 1.165) is 50.0 Å². The van der Waals surface area contributed by atoms with E-state index < -0.39 is 0 Å². The average molecular weight is 331 g/mol. The van der Waals surface area contributed by atoms with Crippen LogP contribution in [0.4, 0.5) is 0 Å². The van der Waals surface area contributed by atoms with E-state index in [-0.39, 0.29) is 10.5 Å². The van der Waals surface area contributed by atoms with Crippen molar-refractivity contribution in [2.75, 3.05) is 11.5 Å². The van der Waals surface area contributed by atoms with Gasteiger partial charge in [-0.3, -0.25) is 9.59 Å². The van der Waals surface area contributed by atoms with Crippen LogP contribution in [0.25, 0.3) is 0 Å². The quantitative estimate of drug-likeness (QED) is 0.270. The molecule has 0 aromatic carbocycles. The molecule has 0 fully saturated rings. The van der Waals surface area contributed by atoms with Crippen molar-refractivity contribution in [1.29, 1.82) is 0 Å². The van der Waals surface area contributed by atoms with Gasteiger partial charge in [0.25, 0.3) is 0 Å². The third-order valence-electron chi connectivity index (χ3n) is 2.29. The highest BCUT2D eigenvalue weighted by atomic mass is 35.5. The van der Waals surface area contributed by atoms with Crippen LogP contribution >= 0.6 is 44.8 Å². The Kier molecular flexibility index (Phi) is 14.5. The van der Waals surface area contributed by atoms with E-state index in [1.165, 1.54) is 0 Å². The van der Waals surface area contributed by atoms with Crippen LogP contribution in [0.3, 0.4) is 0 Å². The molecule has 0 heterocycles. The van der Waals surface area contributed by atoms with E-state index in [1.807, 2.05) is 21.6 Å². The third kappa shape index (κ3) is 16.6. The molecule has 0 aromatic heterocycles. The summed E-state index contributed by atoms with van der Waals surface area (Å²) in [5, 5.41) is -0.458. The summed E-state index contributed by atoms with van der Waals surface area (Å²) in [7, 11) is 3.76. The Morgan fingerprint density at radius 3 is 1.39 bits per heavy atom. The topological polar surface area (TPSA) is 34.1 Å². The maximum Gasteiger partial charge on any atom is 0.221 e. The van der Waals surface area contributed by atoms with Gasteiger partial charge in [0, 0.05) is 24.3 Å². The maximum atomic E-state index is 10.5. The van der Waals surface area contributed by atoms with Crippen molar-refractivity contribution in [3.63, 3.8) is 0 Å². The molecule has 0 aromatic rings. The maximum absolute atomic E-state index is 10.5. The molecule has 0 amide bonds. The fourth-order valence-corrected chi connectivity index (χ4v) is 3.88. The van der Waals surface area contributed by atoms with Crippen LogP contribution in [0.15, 0.2) is 0 Å². The van der Waals surface area contributed by atoms with Crippen LogP contribution in [-0.2, 0) is 9.59 Å². The molecule has 0 aliphatic heterocycles. The predicted octanol–water partition coefficient (Wildman–Crippen LogP) is 5.02. The molecular formula is C12H20Cl2O2S2. The first-order valence-electron chi connectivity index (χ1n) is 6.24. The van der Waals surface area contributed by atoms with E-state index in [2.05, 4.69) is 0 Å². The Morgan fingerprint density at radius 2 is 1.06 bits per heavy atom. The van der Waals surface area contributed by atoms with E-state index in [9.17, 15) is 9.59 Å². The summed E-state index contributed by atoms with van der Waals surface area (Å²) in [6.07, 6.45) is 7.23. The number of hydrogen-bond donors (Lipinski definition) is 0. The highest BCUT2D eigenvalue weighted by molar-refractivity contribution is 8.76. The van der Waals surface area contributed by atoms with Gasteiger partial charge in [-0.15, -0.1) is 0 Å². The Balaban J connectivity index is 2.99. The van der Waals surface area contributed by atoms with E-state index >= 15 is 0 Å². The minimum atomic E-state index is -0.229. The van der Waals surface area contributed by atoms with Gasteiger partial charge < -0.3 is 0 Å². The molecule has 0 saturated heterocycles. The summed E-state index contributed by atoms with van der Waals surface area (Å²) in [5.74, 6) is 2.25. The number of carbonyl (C=O) groups is 2. The van der Waals surface area contributed by atoms with Gasteiger partial charge in [0.15, 0.2) is 0 Å². The largest absolute Gasteiger partial charge is 0.281 e. The lowest BCUT2D eigenvalue weighted by molar-refractivity contribution is -0.112. The van der Waals surface area contributed by atoms with Crippen molar-refractivity contribution in [2.45, 2.75) is 51.4 Å². The highest BCUT2D eigenvalue weighted by Gasteiger charge is 1.98. The second-order valence-electron chi connectivity index (χ2n) is 3.98. The van der Waals surface area contributed by atoms with Gasteiger partial charge in [0.1, 0.15) is 0 Å². The summed E-state index contributed by atoms with van der Waals surface area (Å²) in [6, 6.07) is 0. The Hall–Kier alpha value is 0.620. The molecule has 0 saturated carbocycles. The Morgan fingerprint density at radius 1 is 0.667 bits per heavy atom. The lowest BCUT2D eigenvalue weighted by Crippen LogP contribution is -1.88. The molecule has 18 heavy (non-hydrogen) atoms. The fourth-order valence-electron chi connectivity index (χ4n) is 1.32. The summed E-state index contributed by atoms with van der Waals surface area (Å²) in [4.78, 5) is 20.9. The molecule has 0 aliphatic rings. The Labute approximate surface area is 127 Å². The smallest absolute Gasteiger partial charge is 0.221 e. The van der Waals surface area contributed by atoms with Gasteiger partial charge in [-0.25, -0.2) is 0 Å². The molecule has 6 heteroatoms. The molecule has 0 aliphatic carbocycles. The molecule has 0 unspecified atom stereocenters. The first-order chi connectivity index (χ1) is 8.63. The van der Waals surface area contributed by atoms with Gasteiger partial charge in [0.05, 0.1) is 0 Å². The zero-order valence-electron chi connectivity index (χ0n) is 10.5. The van der Waals surface area contributed by atoms with Crippen molar-refractivity contribution in [2.24, 2.45) is 0 Å². The van der Waals surface area contributed by atoms with Crippen LogP contribution in [0.5, 0.6) is 0 Å². The van der Waals surface area contributed by atoms with Crippen LogP contribution in [0, 0.1) is 0 Å². The molecule has 0 radical (unpaired) electrons. The van der Waals surface area contributed by atoms with E-state index in [0.29, 0.717) is 12.8 Å². The van der Waals surface area contributed by atoms with Crippen molar-refractivity contribution in [3.05, 3.63) is 0 Å². The standard InChI is InChI=1S/C12H20Cl2O2S2/c13-11(15)7-3-1-5-9-17-18-10-6-2-4-8-12(14)16/h1-10H2. The molecule has 0 rings (SSSR count). The lowest BCUT2D eigenvalue weighted by Gasteiger charge is -2.01. The van der Waals surface area contributed by atoms with Gasteiger partial charge >= 0.3 is 0 Å². The number of carbonyl (C=O) groups excluding carboxylic acids is 2. The molecule has 0 bridgehead atoms. The fraction of sp³-hybridized carbons (Fsp3) is 0.833. The van der Waals surface area contributed by atoms with Gasteiger partial charge in [-0.2, -0.15) is 0 Å². The summed E-state index contributed by atoms with van der Waals surface area (Å²) in [6.45, 7) is 0. The van der Waals surface area contributed by atoms with Gasteiger partial charge in [0.2, 0.25) is 10.5 Å². The first-order valence-corrected chi connectivity index (χ1v) is 9.48. The zero-order valence-corrected chi connectivity index (χ0v) is 13.6. The molecule has 0 spiro atoms. The molecular weight excluding hydrogens is 311 g/mol. The molecule has 0 N–H and O–H groups in total. The monoisotopic (exact) mass is 330 g/mol. The van der Waals surface area contributed by atoms with Gasteiger partial charge in [-0.05, 0) is 48.9 Å². The van der Waals surface area contributed by atoms with Crippen molar-refractivity contribution in [3.8, 4) is 0 Å². The van der Waals surface area contributed by atoms with Crippen LogP contribution < -0.4 is 0 Å². The van der Waals surface area contributed by atoms with Crippen LogP contribution in [0.2, 0.25) is 0 Å². The average Bonchev–Trinajstić information content (AvgIpc) is 2.29. The van der Waals surface area contributed by atoms with Crippen LogP contribution in [-0.4, -0.2) is 22.0 Å². The minimum Gasteiger partial charge on any atom is -0.281 e. The summed E-state index contributed by atoms with van der Waals surface area (Å²) in [5.41, 5.74) is 0. The molecule has 2 nitrogen and oxygen atoms in total. The van der Waals surface area contributed by atoms with Gasteiger partial charge in [-0.1, -0.05) is 34.4 Å². The van der Waals surface area contributed by atoms with Crippen molar-refractivity contribution < 1.29 is 9.59 Å². The normalized spacial score (nSPS) is 10.6. The Bertz CT molecular complexity index is 214. The lowest BCUT2D eigenvalue weighted by atomic mass is 10.2. The second-order valence-corrected chi connectivity index (χ2v) is 7.52. The van der Waals surface area contributed by atoms with E-state index in [1.54, 1.807) is 0 Å². The number of halogens is 2. The highest BCUT2D eigenvalue weighted by Crippen LogP contribution is 2.24. The zero-order chi connectivity index (χ0) is 13.6. The predicted molar refractivity (Wildman–Crippen MR) is 83.6 cm³/mol. The number of rotatable bonds is 13. The third-order valence-corrected chi connectivity index (χ3v) is 5.24. The summed E-state index contributed by atoms with van der Waals surface area (Å²) >= 11 is 10.5. The van der Waals surface area contributed by atoms with Crippen molar-refractivity contribution in [1.82, 2.24) is 0 Å². The molecule has 106 valence electrons.